The third-order valence-corrected chi connectivity index (χ3v) is 4.16. The number of aromatic nitrogens is 1. The number of nitrogens with zero attached hydrogens (tertiary/aromatic N) is 1. The predicted octanol–water partition coefficient (Wildman–Crippen LogP) is 3.50. The second kappa shape index (κ2) is 5.63. The molecule has 18 heavy (non-hydrogen) atoms. The first-order valence-corrected chi connectivity index (χ1v) is 7.12. The Hall–Kier alpha value is -1.19. The largest absolute Gasteiger partial charge is 0.319 e. The lowest BCUT2D eigenvalue weighted by Crippen LogP contribution is -2.10. The van der Waals surface area contributed by atoms with Crippen LogP contribution in [-0.2, 0) is 6.42 Å². The summed E-state index contributed by atoms with van der Waals surface area (Å²) < 4.78 is 0. The van der Waals surface area contributed by atoms with E-state index in [0.29, 0.717) is 0 Å². The van der Waals surface area contributed by atoms with Crippen LogP contribution in [0.1, 0.15) is 21.7 Å². The van der Waals surface area contributed by atoms with Crippen molar-refractivity contribution in [3.63, 3.8) is 0 Å². The minimum atomic E-state index is 0.983. The minimum absolute atomic E-state index is 0.983. The number of aryl methyl sites for hydroxylation is 3. The third kappa shape index (κ3) is 2.79. The zero-order chi connectivity index (χ0) is 13.1. The van der Waals surface area contributed by atoms with Crippen LogP contribution in [0, 0.1) is 20.8 Å². The van der Waals surface area contributed by atoms with Crippen LogP contribution in [0.25, 0.3) is 10.6 Å². The summed E-state index contributed by atoms with van der Waals surface area (Å²) >= 11 is 1.80. The van der Waals surface area contributed by atoms with Crippen molar-refractivity contribution in [1.82, 2.24) is 10.3 Å². The number of hydrogen-bond donors (Lipinski definition) is 1. The standard InChI is InChI=1S/C15H20N2S/c1-10-5-6-13(11(2)9-10)15-17-14(7-8-16-4)12(3)18-15/h5-6,9,16H,7-8H2,1-4H3. The Bertz CT molecular complexity index is 543. The molecular formula is C15H20N2S. The fourth-order valence-electron chi connectivity index (χ4n) is 2.07. The molecule has 2 nitrogen and oxygen atoms in total. The molecule has 2 rings (SSSR count). The van der Waals surface area contributed by atoms with E-state index in [4.69, 9.17) is 4.98 Å². The number of thiazole rings is 1. The molecule has 0 radical (unpaired) electrons. The maximum absolute atomic E-state index is 4.79. The number of benzene rings is 1. The maximum atomic E-state index is 4.79. The van der Waals surface area contributed by atoms with Gasteiger partial charge in [0.2, 0.25) is 0 Å². The third-order valence-electron chi connectivity index (χ3n) is 3.12. The molecule has 0 aliphatic carbocycles. The highest BCUT2D eigenvalue weighted by molar-refractivity contribution is 7.15. The van der Waals surface area contributed by atoms with Crippen LogP contribution in [0.4, 0.5) is 0 Å². The van der Waals surface area contributed by atoms with E-state index in [1.807, 2.05) is 7.05 Å². The van der Waals surface area contributed by atoms with Gasteiger partial charge in [0.15, 0.2) is 0 Å². The summed E-state index contributed by atoms with van der Waals surface area (Å²) in [5, 5.41) is 4.33. The zero-order valence-corrected chi connectivity index (χ0v) is 12.3. The van der Waals surface area contributed by atoms with E-state index in [2.05, 4.69) is 44.3 Å². The fourth-order valence-corrected chi connectivity index (χ4v) is 3.12. The molecule has 96 valence electrons. The molecule has 2 aromatic rings. The van der Waals surface area contributed by atoms with Gasteiger partial charge >= 0.3 is 0 Å². The van der Waals surface area contributed by atoms with Gasteiger partial charge in [0.05, 0.1) is 5.69 Å². The van der Waals surface area contributed by atoms with Gasteiger partial charge in [0.25, 0.3) is 0 Å². The van der Waals surface area contributed by atoms with Crippen molar-refractivity contribution in [2.24, 2.45) is 0 Å². The molecule has 0 atom stereocenters. The number of likely N-dealkylation sites (N-methyl/N-ethyl adjacent to an activating group) is 1. The van der Waals surface area contributed by atoms with Crippen molar-refractivity contribution in [1.29, 1.82) is 0 Å². The van der Waals surface area contributed by atoms with Crippen molar-refractivity contribution < 1.29 is 0 Å². The highest BCUT2D eigenvalue weighted by Gasteiger charge is 2.10. The van der Waals surface area contributed by atoms with Gasteiger partial charge in [-0.1, -0.05) is 23.8 Å². The Morgan fingerprint density at radius 2 is 2.00 bits per heavy atom. The van der Waals surface area contributed by atoms with Gasteiger partial charge in [0.1, 0.15) is 5.01 Å². The lowest BCUT2D eigenvalue weighted by atomic mass is 10.1. The summed E-state index contributed by atoms with van der Waals surface area (Å²) in [6.45, 7) is 7.43. The van der Waals surface area contributed by atoms with Crippen molar-refractivity contribution >= 4 is 11.3 Å². The zero-order valence-electron chi connectivity index (χ0n) is 11.5. The van der Waals surface area contributed by atoms with Crippen LogP contribution >= 0.6 is 11.3 Å². The average Bonchev–Trinajstić information content (AvgIpc) is 2.68. The van der Waals surface area contributed by atoms with E-state index in [1.165, 1.54) is 27.3 Å². The summed E-state index contributed by atoms with van der Waals surface area (Å²) in [5.74, 6) is 0. The van der Waals surface area contributed by atoms with Crippen molar-refractivity contribution in [2.45, 2.75) is 27.2 Å². The molecule has 0 fully saturated rings. The minimum Gasteiger partial charge on any atom is -0.319 e. The maximum Gasteiger partial charge on any atom is 0.124 e. The lowest BCUT2D eigenvalue weighted by Gasteiger charge is -2.03. The van der Waals surface area contributed by atoms with E-state index in [0.717, 1.165) is 18.0 Å². The van der Waals surface area contributed by atoms with Crippen LogP contribution in [0.5, 0.6) is 0 Å². The number of nitrogens with one attached hydrogen (secondary N) is 1. The summed E-state index contributed by atoms with van der Waals surface area (Å²) in [7, 11) is 1.98. The van der Waals surface area contributed by atoms with Gasteiger partial charge in [-0.05, 0) is 33.4 Å². The Balaban J connectivity index is 2.33. The summed E-state index contributed by atoms with van der Waals surface area (Å²) in [5.41, 5.74) is 5.11. The van der Waals surface area contributed by atoms with Gasteiger partial charge < -0.3 is 5.32 Å². The molecule has 0 unspecified atom stereocenters. The van der Waals surface area contributed by atoms with Crippen molar-refractivity contribution in [3.05, 3.63) is 39.9 Å². The SMILES string of the molecule is CNCCc1nc(-c2ccc(C)cc2C)sc1C. The van der Waals surface area contributed by atoms with E-state index in [1.54, 1.807) is 11.3 Å². The first-order chi connectivity index (χ1) is 8.61. The van der Waals surface area contributed by atoms with Crippen molar-refractivity contribution in [2.75, 3.05) is 13.6 Å². The Kier molecular flexibility index (Phi) is 4.15. The molecule has 0 amide bonds. The molecule has 0 spiro atoms. The first kappa shape index (κ1) is 13.2. The topological polar surface area (TPSA) is 24.9 Å². The summed E-state index contributed by atoms with van der Waals surface area (Å²) in [6, 6.07) is 6.57. The molecule has 0 bridgehead atoms. The second-order valence-corrected chi connectivity index (χ2v) is 5.90. The van der Waals surface area contributed by atoms with E-state index >= 15 is 0 Å². The smallest absolute Gasteiger partial charge is 0.124 e. The Labute approximate surface area is 113 Å². The van der Waals surface area contributed by atoms with E-state index in [9.17, 15) is 0 Å². The Morgan fingerprint density at radius 3 is 2.67 bits per heavy atom. The van der Waals surface area contributed by atoms with Gasteiger partial charge in [-0.15, -0.1) is 11.3 Å². The summed E-state index contributed by atoms with van der Waals surface area (Å²) in [6.07, 6.45) is 1.00. The molecule has 1 N–H and O–H groups in total. The highest BCUT2D eigenvalue weighted by Crippen LogP contribution is 2.30. The molecule has 3 heteroatoms. The van der Waals surface area contributed by atoms with Gasteiger partial charge in [-0.25, -0.2) is 4.98 Å². The molecule has 0 aliphatic heterocycles. The molecule has 0 aliphatic rings. The molecule has 1 aromatic carbocycles. The predicted molar refractivity (Wildman–Crippen MR) is 79.4 cm³/mol. The monoisotopic (exact) mass is 260 g/mol. The second-order valence-electron chi connectivity index (χ2n) is 4.69. The fraction of sp³-hybridized carbons (Fsp3) is 0.400. The van der Waals surface area contributed by atoms with Gasteiger partial charge in [-0.2, -0.15) is 0 Å². The van der Waals surface area contributed by atoms with Crippen LogP contribution in [0.15, 0.2) is 18.2 Å². The van der Waals surface area contributed by atoms with Crippen LogP contribution < -0.4 is 5.32 Å². The quantitative estimate of drug-likeness (QED) is 0.910. The van der Waals surface area contributed by atoms with E-state index in [-0.39, 0.29) is 0 Å². The van der Waals surface area contributed by atoms with Crippen molar-refractivity contribution in [3.8, 4) is 10.6 Å². The number of hydrogen-bond acceptors (Lipinski definition) is 3. The highest BCUT2D eigenvalue weighted by atomic mass is 32.1. The van der Waals surface area contributed by atoms with Crippen LogP contribution in [0.2, 0.25) is 0 Å². The van der Waals surface area contributed by atoms with E-state index < -0.39 is 0 Å². The number of rotatable bonds is 4. The molecule has 1 heterocycles. The average molecular weight is 260 g/mol. The molecule has 0 saturated carbocycles. The van der Waals surface area contributed by atoms with Crippen LogP contribution in [0.3, 0.4) is 0 Å². The molecule has 0 saturated heterocycles. The normalized spacial score (nSPS) is 10.9. The Morgan fingerprint density at radius 1 is 1.22 bits per heavy atom. The molecule has 1 aromatic heterocycles. The van der Waals surface area contributed by atoms with Gasteiger partial charge in [0, 0.05) is 23.4 Å². The first-order valence-electron chi connectivity index (χ1n) is 6.30. The van der Waals surface area contributed by atoms with Crippen LogP contribution in [-0.4, -0.2) is 18.6 Å². The van der Waals surface area contributed by atoms with Gasteiger partial charge in [-0.3, -0.25) is 0 Å². The lowest BCUT2D eigenvalue weighted by molar-refractivity contribution is 0.777. The summed E-state index contributed by atoms with van der Waals surface area (Å²) in [4.78, 5) is 6.12. The molecular weight excluding hydrogens is 240 g/mol.